The first-order valence-electron chi connectivity index (χ1n) is 6.45. The molecule has 1 aliphatic carbocycles. The lowest BCUT2D eigenvalue weighted by molar-refractivity contribution is 0.521. The summed E-state index contributed by atoms with van der Waals surface area (Å²) in [7, 11) is 0. The maximum Gasteiger partial charge on any atom is 0.293 e. The summed E-state index contributed by atoms with van der Waals surface area (Å²) in [4.78, 5) is 16.3. The molecule has 1 aromatic rings. The van der Waals surface area contributed by atoms with Gasteiger partial charge in [0.25, 0.3) is 5.56 Å². The van der Waals surface area contributed by atoms with Crippen LogP contribution >= 0.6 is 11.6 Å². The van der Waals surface area contributed by atoms with Crippen molar-refractivity contribution < 1.29 is 0 Å². The number of alkyl halides is 1. The Labute approximate surface area is 112 Å². The van der Waals surface area contributed by atoms with Gasteiger partial charge in [0.2, 0.25) is 0 Å². The summed E-state index contributed by atoms with van der Waals surface area (Å²) >= 11 is 5.80. The van der Waals surface area contributed by atoms with Gasteiger partial charge in [-0.3, -0.25) is 4.79 Å². The monoisotopic (exact) mass is 269 g/mol. The van der Waals surface area contributed by atoms with Crippen LogP contribution in [-0.2, 0) is 0 Å². The number of hydrogen-bond donors (Lipinski definition) is 1. The van der Waals surface area contributed by atoms with Crippen LogP contribution in [0.4, 0.5) is 5.82 Å². The number of aromatic nitrogens is 2. The van der Waals surface area contributed by atoms with Crippen molar-refractivity contribution >= 4 is 17.4 Å². The topological polar surface area (TPSA) is 46.9 Å². The smallest absolute Gasteiger partial charge is 0.293 e. The lowest BCUT2D eigenvalue weighted by Crippen LogP contribution is -2.28. The van der Waals surface area contributed by atoms with Gasteiger partial charge in [0, 0.05) is 30.9 Å². The van der Waals surface area contributed by atoms with E-state index in [1.165, 1.54) is 12.8 Å². The van der Waals surface area contributed by atoms with Crippen LogP contribution < -0.4 is 10.9 Å². The molecule has 0 amide bonds. The predicted octanol–water partition coefficient (Wildman–Crippen LogP) is 2.65. The van der Waals surface area contributed by atoms with Crippen molar-refractivity contribution in [3.8, 4) is 0 Å². The summed E-state index contributed by atoms with van der Waals surface area (Å²) in [6, 6.07) is 0.152. The fourth-order valence-electron chi connectivity index (χ4n) is 2.12. The molecule has 18 heavy (non-hydrogen) atoms. The maximum atomic E-state index is 12.1. The number of nitrogens with zero attached hydrogens (tertiary/aromatic N) is 2. The highest BCUT2D eigenvalue weighted by atomic mass is 35.5. The molecule has 0 atom stereocenters. The summed E-state index contributed by atoms with van der Waals surface area (Å²) in [6.45, 7) is 4.77. The van der Waals surface area contributed by atoms with E-state index in [2.05, 4.69) is 10.3 Å². The Bertz CT molecular complexity index is 466. The van der Waals surface area contributed by atoms with Gasteiger partial charge in [-0.25, -0.2) is 4.98 Å². The molecule has 1 saturated carbocycles. The Kier molecular flexibility index (Phi) is 3.95. The van der Waals surface area contributed by atoms with Crippen molar-refractivity contribution in [2.24, 2.45) is 5.41 Å². The lowest BCUT2D eigenvalue weighted by Gasteiger charge is -2.16. The van der Waals surface area contributed by atoms with Gasteiger partial charge in [-0.2, -0.15) is 0 Å². The number of halogens is 1. The Balaban J connectivity index is 2.06. The molecule has 0 saturated heterocycles. The molecule has 4 nitrogen and oxygen atoms in total. The molecule has 0 radical (unpaired) electrons. The number of nitrogens with one attached hydrogen (secondary N) is 1. The number of anilines is 1. The summed E-state index contributed by atoms with van der Waals surface area (Å²) < 4.78 is 1.69. The molecule has 0 aliphatic heterocycles. The minimum Gasteiger partial charge on any atom is -0.365 e. The third-order valence-electron chi connectivity index (χ3n) is 3.64. The van der Waals surface area contributed by atoms with E-state index in [9.17, 15) is 4.79 Å². The van der Waals surface area contributed by atoms with E-state index in [1.54, 1.807) is 17.0 Å². The summed E-state index contributed by atoms with van der Waals surface area (Å²) in [5.74, 6) is 1.13. The van der Waals surface area contributed by atoms with Crippen LogP contribution in [0.2, 0.25) is 0 Å². The Hall–Kier alpha value is -1.03. The maximum absolute atomic E-state index is 12.1. The van der Waals surface area contributed by atoms with Crippen molar-refractivity contribution in [2.75, 3.05) is 17.7 Å². The highest BCUT2D eigenvalue weighted by Crippen LogP contribution is 2.48. The molecule has 1 fully saturated rings. The SMILES string of the molecule is CC(C)n1ccnc(NCC2(CCCl)CC2)c1=O. The molecular formula is C13H20ClN3O. The van der Waals surface area contributed by atoms with Gasteiger partial charge >= 0.3 is 0 Å². The summed E-state index contributed by atoms with van der Waals surface area (Å²) in [5.41, 5.74) is 0.253. The van der Waals surface area contributed by atoms with Crippen LogP contribution in [0, 0.1) is 5.41 Å². The quantitative estimate of drug-likeness (QED) is 0.808. The highest BCUT2D eigenvalue weighted by Gasteiger charge is 2.41. The van der Waals surface area contributed by atoms with Crippen molar-refractivity contribution in [1.82, 2.24) is 9.55 Å². The Morgan fingerprint density at radius 2 is 2.28 bits per heavy atom. The van der Waals surface area contributed by atoms with Crippen molar-refractivity contribution in [1.29, 1.82) is 0 Å². The van der Waals surface area contributed by atoms with Gasteiger partial charge in [0.05, 0.1) is 0 Å². The molecule has 0 aromatic carbocycles. The molecule has 5 heteroatoms. The zero-order chi connectivity index (χ0) is 13.2. The van der Waals surface area contributed by atoms with E-state index in [4.69, 9.17) is 11.6 Å². The molecule has 1 heterocycles. The normalized spacial score (nSPS) is 16.9. The van der Waals surface area contributed by atoms with Gasteiger partial charge in [0.1, 0.15) is 0 Å². The van der Waals surface area contributed by atoms with E-state index in [-0.39, 0.29) is 11.6 Å². The van der Waals surface area contributed by atoms with Crippen LogP contribution in [0.1, 0.15) is 39.2 Å². The second-order valence-corrected chi connectivity index (χ2v) is 5.75. The van der Waals surface area contributed by atoms with E-state index < -0.39 is 0 Å². The number of hydrogen-bond acceptors (Lipinski definition) is 3. The van der Waals surface area contributed by atoms with E-state index in [0.717, 1.165) is 13.0 Å². The first-order chi connectivity index (χ1) is 8.58. The van der Waals surface area contributed by atoms with Crippen molar-refractivity contribution in [3.63, 3.8) is 0 Å². The Morgan fingerprint density at radius 1 is 1.56 bits per heavy atom. The Morgan fingerprint density at radius 3 is 2.83 bits per heavy atom. The average molecular weight is 270 g/mol. The van der Waals surface area contributed by atoms with Gasteiger partial charge in [-0.1, -0.05) is 0 Å². The second-order valence-electron chi connectivity index (χ2n) is 5.37. The molecule has 1 aromatic heterocycles. The first-order valence-corrected chi connectivity index (χ1v) is 6.98. The third kappa shape index (κ3) is 2.86. The van der Waals surface area contributed by atoms with Crippen molar-refractivity contribution in [2.45, 2.75) is 39.2 Å². The van der Waals surface area contributed by atoms with Crippen molar-refractivity contribution in [3.05, 3.63) is 22.7 Å². The third-order valence-corrected chi connectivity index (χ3v) is 3.83. The van der Waals surface area contributed by atoms with E-state index in [1.807, 2.05) is 13.8 Å². The van der Waals surface area contributed by atoms with E-state index in [0.29, 0.717) is 17.1 Å². The molecule has 0 unspecified atom stereocenters. The standard InChI is InChI=1S/C13H20ClN3O/c1-10(2)17-8-7-15-11(12(17)18)16-9-13(3-4-13)5-6-14/h7-8,10H,3-6,9H2,1-2H3,(H,15,16). The minimum atomic E-state index is -0.0471. The minimum absolute atomic E-state index is 0.0471. The predicted molar refractivity (Wildman–Crippen MR) is 74.4 cm³/mol. The second kappa shape index (κ2) is 5.31. The van der Waals surface area contributed by atoms with Crippen LogP contribution in [0.3, 0.4) is 0 Å². The first kappa shape index (κ1) is 13.4. The van der Waals surface area contributed by atoms with Gasteiger partial charge in [-0.15, -0.1) is 11.6 Å². The zero-order valence-corrected chi connectivity index (χ0v) is 11.7. The molecule has 2 rings (SSSR count). The van der Waals surface area contributed by atoms with Gasteiger partial charge < -0.3 is 9.88 Å². The highest BCUT2D eigenvalue weighted by molar-refractivity contribution is 6.17. The van der Waals surface area contributed by atoms with Gasteiger partial charge in [0.15, 0.2) is 5.82 Å². The molecular weight excluding hydrogens is 250 g/mol. The van der Waals surface area contributed by atoms with E-state index >= 15 is 0 Å². The molecule has 1 aliphatic rings. The average Bonchev–Trinajstić information content (AvgIpc) is 3.08. The fourth-order valence-corrected chi connectivity index (χ4v) is 2.52. The van der Waals surface area contributed by atoms with Crippen LogP contribution in [0.15, 0.2) is 17.2 Å². The molecule has 0 spiro atoms. The largest absolute Gasteiger partial charge is 0.365 e. The van der Waals surface area contributed by atoms with Crippen LogP contribution in [-0.4, -0.2) is 22.0 Å². The molecule has 0 bridgehead atoms. The van der Waals surface area contributed by atoms with Crippen LogP contribution in [0.5, 0.6) is 0 Å². The molecule has 1 N–H and O–H groups in total. The molecule has 100 valence electrons. The lowest BCUT2D eigenvalue weighted by atomic mass is 10.0. The number of rotatable bonds is 6. The summed E-state index contributed by atoms with van der Waals surface area (Å²) in [6.07, 6.45) is 6.79. The summed E-state index contributed by atoms with van der Waals surface area (Å²) in [5, 5.41) is 3.19. The van der Waals surface area contributed by atoms with Crippen LogP contribution in [0.25, 0.3) is 0 Å². The fraction of sp³-hybridized carbons (Fsp3) is 0.692. The van der Waals surface area contributed by atoms with Gasteiger partial charge in [-0.05, 0) is 38.5 Å². The zero-order valence-electron chi connectivity index (χ0n) is 10.9.